The van der Waals surface area contributed by atoms with Gasteiger partial charge in [-0.1, -0.05) is 13.8 Å². The van der Waals surface area contributed by atoms with Gasteiger partial charge < -0.3 is 15.7 Å². The van der Waals surface area contributed by atoms with Gasteiger partial charge >= 0.3 is 5.97 Å². The summed E-state index contributed by atoms with van der Waals surface area (Å²) in [4.78, 5) is 34.8. The first kappa shape index (κ1) is 20.9. The lowest BCUT2D eigenvalue weighted by molar-refractivity contribution is -0.142. The lowest BCUT2D eigenvalue weighted by Gasteiger charge is -2.16. The average Bonchev–Trinajstić information content (AvgIpc) is 2.53. The second-order valence-corrected chi connectivity index (χ2v) is 6.78. The summed E-state index contributed by atoms with van der Waals surface area (Å²) in [6.07, 6.45) is 0.279. The zero-order valence-corrected chi connectivity index (χ0v) is 14.7. The molecule has 0 saturated carbocycles. The van der Waals surface area contributed by atoms with Gasteiger partial charge in [0, 0.05) is 4.90 Å². The molecule has 0 spiro atoms. The highest BCUT2D eigenvalue weighted by Crippen LogP contribution is 2.19. The third kappa shape index (κ3) is 7.97. The van der Waals surface area contributed by atoms with Gasteiger partial charge in [0.25, 0.3) is 0 Å². The fourth-order valence-corrected chi connectivity index (χ4v) is 2.63. The number of hydrogen-bond donors (Lipinski definition) is 3. The van der Waals surface area contributed by atoms with Crippen LogP contribution in [0.4, 0.5) is 8.78 Å². The van der Waals surface area contributed by atoms with Crippen LogP contribution in [0.15, 0.2) is 23.1 Å². The van der Waals surface area contributed by atoms with Crippen LogP contribution in [0.1, 0.15) is 20.3 Å². The molecule has 1 aromatic rings. The van der Waals surface area contributed by atoms with Crippen molar-refractivity contribution in [1.82, 2.24) is 10.6 Å². The monoisotopic (exact) mass is 374 g/mol. The van der Waals surface area contributed by atoms with Gasteiger partial charge in [-0.2, -0.15) is 0 Å². The molecule has 6 nitrogen and oxygen atoms in total. The molecule has 3 N–H and O–H groups in total. The summed E-state index contributed by atoms with van der Waals surface area (Å²) < 4.78 is 25.8. The first-order valence-electron chi connectivity index (χ1n) is 7.55. The molecule has 0 heterocycles. The van der Waals surface area contributed by atoms with E-state index in [4.69, 9.17) is 5.11 Å². The van der Waals surface area contributed by atoms with Crippen molar-refractivity contribution in [1.29, 1.82) is 0 Å². The quantitative estimate of drug-likeness (QED) is 0.573. The second-order valence-electron chi connectivity index (χ2n) is 5.73. The fourth-order valence-electron chi connectivity index (χ4n) is 1.88. The highest BCUT2D eigenvalue weighted by Gasteiger charge is 2.21. The Morgan fingerprint density at radius 3 is 2.40 bits per heavy atom. The number of carboxylic acids is 1. The Morgan fingerprint density at radius 2 is 1.84 bits per heavy atom. The van der Waals surface area contributed by atoms with E-state index < -0.39 is 35.5 Å². The van der Waals surface area contributed by atoms with E-state index in [0.29, 0.717) is 4.90 Å². The highest BCUT2D eigenvalue weighted by atomic mass is 32.2. The number of thioether (sulfide) groups is 1. The number of amides is 2. The molecule has 1 atom stereocenters. The van der Waals surface area contributed by atoms with Crippen molar-refractivity contribution in [3.63, 3.8) is 0 Å². The number of hydrogen-bond acceptors (Lipinski definition) is 4. The summed E-state index contributed by atoms with van der Waals surface area (Å²) in [7, 11) is 0. The molecule has 0 saturated heterocycles. The summed E-state index contributed by atoms with van der Waals surface area (Å²) in [6.45, 7) is 3.30. The number of halogens is 2. The van der Waals surface area contributed by atoms with Crippen molar-refractivity contribution < 1.29 is 28.3 Å². The number of carbonyl (C=O) groups excluding carboxylic acids is 2. The minimum absolute atomic E-state index is 0.0866. The summed E-state index contributed by atoms with van der Waals surface area (Å²) >= 11 is 0.986. The number of aliphatic carboxylic acids is 1. The van der Waals surface area contributed by atoms with Crippen LogP contribution in [-0.4, -0.2) is 41.2 Å². The molecule has 0 bridgehead atoms. The lowest BCUT2D eigenvalue weighted by atomic mass is 10.0. The van der Waals surface area contributed by atoms with Crippen LogP contribution in [0.25, 0.3) is 0 Å². The molecule has 0 radical (unpaired) electrons. The Balaban J connectivity index is 2.38. The Hall–Kier alpha value is -2.16. The predicted octanol–water partition coefficient (Wildman–Crippen LogP) is 1.79. The minimum atomic E-state index is -1.14. The van der Waals surface area contributed by atoms with Gasteiger partial charge in [-0.3, -0.25) is 9.59 Å². The molecule has 0 aliphatic carbocycles. The molecule has 9 heteroatoms. The maximum Gasteiger partial charge on any atom is 0.326 e. The van der Waals surface area contributed by atoms with Crippen molar-refractivity contribution >= 4 is 29.5 Å². The van der Waals surface area contributed by atoms with Crippen LogP contribution in [-0.2, 0) is 14.4 Å². The maximum atomic E-state index is 13.0. The smallest absolute Gasteiger partial charge is 0.326 e. The molecule has 138 valence electrons. The number of benzene rings is 1. The summed E-state index contributed by atoms with van der Waals surface area (Å²) in [6, 6.07) is 2.26. The normalized spacial score (nSPS) is 11.9. The van der Waals surface area contributed by atoms with Crippen LogP contribution < -0.4 is 10.6 Å². The van der Waals surface area contributed by atoms with Crippen LogP contribution >= 0.6 is 11.8 Å². The first-order chi connectivity index (χ1) is 11.7. The van der Waals surface area contributed by atoms with Crippen molar-refractivity contribution in [2.45, 2.75) is 31.2 Å². The highest BCUT2D eigenvalue weighted by molar-refractivity contribution is 8.00. The number of carbonyl (C=O) groups is 3. The van der Waals surface area contributed by atoms with Gasteiger partial charge in [-0.25, -0.2) is 13.6 Å². The molecule has 0 aliphatic heterocycles. The zero-order valence-electron chi connectivity index (χ0n) is 13.8. The largest absolute Gasteiger partial charge is 0.480 e. The van der Waals surface area contributed by atoms with Gasteiger partial charge in [-0.05, 0) is 30.5 Å². The van der Waals surface area contributed by atoms with E-state index in [9.17, 15) is 23.2 Å². The van der Waals surface area contributed by atoms with Crippen LogP contribution in [0.3, 0.4) is 0 Å². The van der Waals surface area contributed by atoms with E-state index in [2.05, 4.69) is 10.6 Å². The second kappa shape index (κ2) is 9.97. The van der Waals surface area contributed by atoms with Crippen LogP contribution in [0.2, 0.25) is 0 Å². The van der Waals surface area contributed by atoms with Gasteiger partial charge in [0.2, 0.25) is 11.8 Å². The molecule has 0 unspecified atom stereocenters. The molecule has 0 aromatic heterocycles. The van der Waals surface area contributed by atoms with Crippen molar-refractivity contribution in [3.8, 4) is 0 Å². The van der Waals surface area contributed by atoms with Crippen molar-refractivity contribution in [2.24, 2.45) is 5.92 Å². The molecular formula is C16H20F2N2O4S. The number of rotatable bonds is 9. The Labute approximate surface area is 148 Å². The maximum absolute atomic E-state index is 13.0. The predicted molar refractivity (Wildman–Crippen MR) is 89.1 cm³/mol. The number of nitrogens with one attached hydrogen (secondary N) is 2. The van der Waals surface area contributed by atoms with Crippen LogP contribution in [0.5, 0.6) is 0 Å². The topological polar surface area (TPSA) is 95.5 Å². The molecule has 1 rings (SSSR count). The Bertz CT molecular complexity index is 641. The first-order valence-corrected chi connectivity index (χ1v) is 8.54. The zero-order chi connectivity index (χ0) is 19.0. The van der Waals surface area contributed by atoms with Gasteiger partial charge in [0.05, 0.1) is 12.3 Å². The summed E-state index contributed by atoms with van der Waals surface area (Å²) in [5.74, 6) is -4.22. The SMILES string of the molecule is CC(C)C[C@H](NC(=O)CNC(=O)CSc1ccc(F)c(F)c1)C(=O)O. The molecule has 25 heavy (non-hydrogen) atoms. The van der Waals surface area contributed by atoms with Gasteiger partial charge in [-0.15, -0.1) is 11.8 Å². The Kier molecular flexibility index (Phi) is 8.33. The van der Waals surface area contributed by atoms with E-state index in [-0.39, 0.29) is 24.6 Å². The van der Waals surface area contributed by atoms with E-state index in [1.54, 1.807) is 0 Å². The standard InChI is InChI=1S/C16H20F2N2O4S/c1-9(2)5-13(16(23)24)20-14(21)7-19-15(22)8-25-10-3-4-11(17)12(18)6-10/h3-4,6,9,13H,5,7-8H2,1-2H3,(H,19,22)(H,20,21)(H,23,24)/t13-/m0/s1. The number of carboxylic acid groups (broad SMARTS) is 1. The summed E-state index contributed by atoms with van der Waals surface area (Å²) in [5.41, 5.74) is 0. The molecule has 0 fully saturated rings. The summed E-state index contributed by atoms with van der Waals surface area (Å²) in [5, 5.41) is 13.7. The van der Waals surface area contributed by atoms with Gasteiger partial charge in [0.1, 0.15) is 6.04 Å². The molecule has 0 aliphatic rings. The van der Waals surface area contributed by atoms with E-state index in [0.717, 1.165) is 23.9 Å². The van der Waals surface area contributed by atoms with Crippen molar-refractivity contribution in [3.05, 3.63) is 29.8 Å². The minimum Gasteiger partial charge on any atom is -0.480 e. The van der Waals surface area contributed by atoms with Crippen LogP contribution in [0, 0.1) is 17.6 Å². The fraction of sp³-hybridized carbons (Fsp3) is 0.438. The molecular weight excluding hydrogens is 354 g/mol. The molecule has 1 aromatic carbocycles. The molecule has 2 amide bonds. The Morgan fingerprint density at radius 1 is 1.16 bits per heavy atom. The third-order valence-electron chi connectivity index (χ3n) is 3.05. The van der Waals surface area contributed by atoms with Gasteiger partial charge in [0.15, 0.2) is 11.6 Å². The van der Waals surface area contributed by atoms with Crippen molar-refractivity contribution in [2.75, 3.05) is 12.3 Å². The average molecular weight is 374 g/mol. The lowest BCUT2D eigenvalue weighted by Crippen LogP contribution is -2.46. The van der Waals surface area contributed by atoms with E-state index in [1.165, 1.54) is 6.07 Å². The van der Waals surface area contributed by atoms with E-state index in [1.807, 2.05) is 13.8 Å². The van der Waals surface area contributed by atoms with E-state index >= 15 is 0 Å². The third-order valence-corrected chi connectivity index (χ3v) is 4.04.